The lowest BCUT2D eigenvalue weighted by atomic mass is 9.87. The van der Waals surface area contributed by atoms with Gasteiger partial charge in [0.15, 0.2) is 0 Å². The molecule has 1 N–H and O–H groups in total. The van der Waals surface area contributed by atoms with Crippen LogP contribution >= 0.6 is 0 Å². The van der Waals surface area contributed by atoms with Crippen LogP contribution in [0.4, 0.5) is 5.69 Å². The number of anilines is 1. The van der Waals surface area contributed by atoms with Gasteiger partial charge in [0.05, 0.1) is 13.7 Å². The van der Waals surface area contributed by atoms with Crippen molar-refractivity contribution in [1.29, 1.82) is 0 Å². The van der Waals surface area contributed by atoms with E-state index in [0.29, 0.717) is 6.61 Å². The Hall–Kier alpha value is -2.36. The van der Waals surface area contributed by atoms with Gasteiger partial charge < -0.3 is 19.5 Å². The molecular weight excluding hydrogens is 338 g/mol. The summed E-state index contributed by atoms with van der Waals surface area (Å²) in [6, 6.07) is 15.8. The molecule has 1 aliphatic rings. The first kappa shape index (κ1) is 19.4. The van der Waals surface area contributed by atoms with Crippen LogP contribution in [0.15, 0.2) is 48.5 Å². The van der Waals surface area contributed by atoms with Crippen LogP contribution in [0.2, 0.25) is 0 Å². The summed E-state index contributed by atoms with van der Waals surface area (Å²) in [5, 5.41) is 3.37. The summed E-state index contributed by atoms with van der Waals surface area (Å²) in [7, 11) is 1.66. The van der Waals surface area contributed by atoms with E-state index in [2.05, 4.69) is 17.4 Å². The van der Waals surface area contributed by atoms with Crippen molar-refractivity contribution < 1.29 is 14.2 Å². The number of ether oxygens (including phenoxy) is 3. The lowest BCUT2D eigenvalue weighted by molar-refractivity contribution is 0.246. The molecule has 0 bridgehead atoms. The summed E-state index contributed by atoms with van der Waals surface area (Å²) < 4.78 is 16.8. The zero-order chi connectivity index (χ0) is 18.7. The van der Waals surface area contributed by atoms with Crippen molar-refractivity contribution in [3.05, 3.63) is 48.5 Å². The fourth-order valence-corrected chi connectivity index (χ4v) is 3.52. The average Bonchev–Trinajstić information content (AvgIpc) is 2.73. The maximum absolute atomic E-state index is 5.90. The Morgan fingerprint density at radius 2 is 1.37 bits per heavy atom. The fourth-order valence-electron chi connectivity index (χ4n) is 3.52. The molecule has 0 amide bonds. The first-order chi connectivity index (χ1) is 13.3. The Morgan fingerprint density at radius 1 is 0.778 bits per heavy atom. The van der Waals surface area contributed by atoms with Crippen molar-refractivity contribution in [3.63, 3.8) is 0 Å². The summed E-state index contributed by atoms with van der Waals surface area (Å²) in [5.41, 5.74) is 1.08. The first-order valence-electron chi connectivity index (χ1n) is 10.1. The van der Waals surface area contributed by atoms with Gasteiger partial charge in [-0.2, -0.15) is 0 Å². The van der Waals surface area contributed by atoms with Gasteiger partial charge in [-0.1, -0.05) is 32.1 Å². The fraction of sp³-hybridized carbons (Fsp3) is 0.478. The summed E-state index contributed by atoms with van der Waals surface area (Å²) in [5.74, 6) is 3.50. The lowest BCUT2D eigenvalue weighted by Crippen LogP contribution is -2.11. The molecule has 27 heavy (non-hydrogen) atoms. The van der Waals surface area contributed by atoms with Gasteiger partial charge in [-0.15, -0.1) is 0 Å². The lowest BCUT2D eigenvalue weighted by Gasteiger charge is -2.21. The molecule has 0 heterocycles. The minimum atomic E-state index is 0.603. The van der Waals surface area contributed by atoms with E-state index in [-0.39, 0.29) is 0 Å². The molecule has 2 aromatic rings. The molecule has 0 saturated heterocycles. The van der Waals surface area contributed by atoms with Gasteiger partial charge in [0.2, 0.25) is 0 Å². The maximum Gasteiger partial charge on any atom is 0.119 e. The van der Waals surface area contributed by atoms with Crippen LogP contribution in [-0.4, -0.2) is 26.9 Å². The Balaban J connectivity index is 1.31. The van der Waals surface area contributed by atoms with Gasteiger partial charge in [-0.3, -0.25) is 0 Å². The second-order valence-corrected chi connectivity index (χ2v) is 7.12. The van der Waals surface area contributed by atoms with E-state index in [9.17, 15) is 0 Å². The second-order valence-electron chi connectivity index (χ2n) is 7.12. The molecule has 1 aliphatic carbocycles. The van der Waals surface area contributed by atoms with Gasteiger partial charge >= 0.3 is 0 Å². The molecule has 0 unspecified atom stereocenters. The molecule has 146 valence electrons. The zero-order valence-electron chi connectivity index (χ0n) is 16.3. The highest BCUT2D eigenvalue weighted by atomic mass is 16.5. The second kappa shape index (κ2) is 10.7. The molecule has 0 radical (unpaired) electrons. The molecule has 0 aromatic heterocycles. The van der Waals surface area contributed by atoms with Gasteiger partial charge in [0.1, 0.15) is 23.9 Å². The van der Waals surface area contributed by atoms with Crippen molar-refractivity contribution in [1.82, 2.24) is 0 Å². The molecule has 1 fully saturated rings. The van der Waals surface area contributed by atoms with Crippen molar-refractivity contribution in [2.24, 2.45) is 5.92 Å². The molecular formula is C23H31NO3. The highest BCUT2D eigenvalue weighted by molar-refractivity contribution is 5.46. The minimum absolute atomic E-state index is 0.603. The van der Waals surface area contributed by atoms with Gasteiger partial charge in [-0.05, 0) is 60.9 Å². The summed E-state index contributed by atoms with van der Waals surface area (Å²) >= 11 is 0. The Morgan fingerprint density at radius 3 is 2.04 bits per heavy atom. The molecule has 1 saturated carbocycles. The standard InChI is InChI=1S/C23H31NO3/c1-25-21-11-13-23(14-12-21)27-18-16-24-20-7-9-22(10-8-20)26-17-15-19-5-3-2-4-6-19/h7-14,19,24H,2-6,15-18H2,1H3. The highest BCUT2D eigenvalue weighted by Crippen LogP contribution is 2.26. The van der Waals surface area contributed by atoms with Crippen LogP contribution in [0.5, 0.6) is 17.2 Å². The largest absolute Gasteiger partial charge is 0.497 e. The normalized spacial score (nSPS) is 14.6. The van der Waals surface area contributed by atoms with E-state index in [1.165, 1.54) is 38.5 Å². The van der Waals surface area contributed by atoms with Gasteiger partial charge in [0, 0.05) is 12.2 Å². The molecule has 3 rings (SSSR count). The quantitative estimate of drug-likeness (QED) is 0.559. The first-order valence-corrected chi connectivity index (χ1v) is 10.1. The van der Waals surface area contributed by atoms with Crippen LogP contribution < -0.4 is 19.5 Å². The van der Waals surface area contributed by atoms with E-state index in [0.717, 1.165) is 42.0 Å². The monoisotopic (exact) mass is 369 g/mol. The third kappa shape index (κ3) is 6.70. The summed E-state index contributed by atoms with van der Waals surface area (Å²) in [4.78, 5) is 0. The minimum Gasteiger partial charge on any atom is -0.497 e. The SMILES string of the molecule is COc1ccc(OCCNc2ccc(OCCC3CCCCC3)cc2)cc1. The smallest absolute Gasteiger partial charge is 0.119 e. The van der Waals surface area contributed by atoms with Crippen LogP contribution in [0, 0.1) is 5.92 Å². The van der Waals surface area contributed by atoms with Crippen molar-refractivity contribution in [2.45, 2.75) is 38.5 Å². The highest BCUT2D eigenvalue weighted by Gasteiger charge is 2.13. The van der Waals surface area contributed by atoms with Crippen molar-refractivity contribution in [2.75, 3.05) is 32.2 Å². The Labute approximate surface area is 162 Å². The van der Waals surface area contributed by atoms with E-state index in [1.807, 2.05) is 36.4 Å². The number of hydrogen-bond donors (Lipinski definition) is 1. The van der Waals surface area contributed by atoms with Crippen molar-refractivity contribution in [3.8, 4) is 17.2 Å². The Kier molecular flexibility index (Phi) is 7.69. The molecule has 4 heteroatoms. The van der Waals surface area contributed by atoms with E-state index in [1.54, 1.807) is 7.11 Å². The summed E-state index contributed by atoms with van der Waals surface area (Å²) in [6.07, 6.45) is 8.15. The molecule has 0 aliphatic heterocycles. The molecule has 0 atom stereocenters. The van der Waals surface area contributed by atoms with E-state index in [4.69, 9.17) is 14.2 Å². The predicted molar refractivity (Wildman–Crippen MR) is 110 cm³/mol. The van der Waals surface area contributed by atoms with E-state index >= 15 is 0 Å². The third-order valence-corrected chi connectivity index (χ3v) is 5.13. The molecule has 2 aromatic carbocycles. The van der Waals surface area contributed by atoms with Gasteiger partial charge in [-0.25, -0.2) is 0 Å². The average molecular weight is 370 g/mol. The van der Waals surface area contributed by atoms with Crippen molar-refractivity contribution >= 4 is 5.69 Å². The molecule has 0 spiro atoms. The van der Waals surface area contributed by atoms with Crippen LogP contribution in [0.1, 0.15) is 38.5 Å². The Bertz CT molecular complexity index is 648. The van der Waals surface area contributed by atoms with Crippen LogP contribution in [0.25, 0.3) is 0 Å². The maximum atomic E-state index is 5.90. The summed E-state index contributed by atoms with van der Waals surface area (Å²) in [6.45, 7) is 2.17. The number of rotatable bonds is 10. The molecule has 4 nitrogen and oxygen atoms in total. The number of methoxy groups -OCH3 is 1. The van der Waals surface area contributed by atoms with Crippen LogP contribution in [0.3, 0.4) is 0 Å². The van der Waals surface area contributed by atoms with Crippen LogP contribution in [-0.2, 0) is 0 Å². The predicted octanol–water partition coefficient (Wildman–Crippen LogP) is 5.54. The van der Waals surface area contributed by atoms with E-state index < -0.39 is 0 Å². The number of nitrogens with one attached hydrogen (secondary N) is 1. The number of hydrogen-bond acceptors (Lipinski definition) is 4. The zero-order valence-corrected chi connectivity index (χ0v) is 16.3. The van der Waals surface area contributed by atoms with Gasteiger partial charge in [0.25, 0.3) is 0 Å². The topological polar surface area (TPSA) is 39.7 Å². The number of benzene rings is 2. The third-order valence-electron chi connectivity index (χ3n) is 5.13.